The third kappa shape index (κ3) is 3.24. The van der Waals surface area contributed by atoms with Crippen molar-refractivity contribution >= 4 is 0 Å². The Morgan fingerprint density at radius 1 is 1.75 bits per heavy atom. The number of rotatable bonds is 2. The van der Waals surface area contributed by atoms with Gasteiger partial charge in [-0.25, -0.2) is 5.84 Å². The van der Waals surface area contributed by atoms with Crippen molar-refractivity contribution in [2.75, 3.05) is 7.05 Å². The third-order valence-corrected chi connectivity index (χ3v) is 0.588. The Kier molecular flexibility index (Phi) is 2.72. The average molecular weight is 113 g/mol. The second-order valence-corrected chi connectivity index (χ2v) is 1.50. The number of hydrazine groups is 1. The molecule has 3 nitrogen and oxygen atoms in total. The highest BCUT2D eigenvalue weighted by molar-refractivity contribution is 5.09. The molecule has 46 valence electrons. The minimum Gasteiger partial charge on any atom is -0.398 e. The predicted octanol–water partition coefficient (Wildman–Crippen LogP) is -0.222. The Morgan fingerprint density at radius 3 is 2.38 bits per heavy atom. The highest BCUT2D eigenvalue weighted by atomic mass is 15.4. The lowest BCUT2D eigenvalue weighted by molar-refractivity contribution is 0.481. The molecule has 0 amide bonds. The van der Waals surface area contributed by atoms with Gasteiger partial charge in [0, 0.05) is 18.9 Å². The maximum Gasteiger partial charge on any atom is 0.0484 e. The summed E-state index contributed by atoms with van der Waals surface area (Å²) in [6.07, 6.45) is 3.11. The molecule has 0 fully saturated rings. The number of nitrogens with two attached hydrogens (primary N) is 2. The molecule has 0 aromatic carbocycles. The van der Waals surface area contributed by atoms with Gasteiger partial charge in [0.25, 0.3) is 0 Å². The molecule has 0 radical (unpaired) electrons. The van der Waals surface area contributed by atoms with Crippen molar-refractivity contribution in [3.8, 4) is 0 Å². The summed E-state index contributed by atoms with van der Waals surface area (Å²) in [7, 11) is 1.69. The van der Waals surface area contributed by atoms with Gasteiger partial charge in [0.2, 0.25) is 0 Å². The van der Waals surface area contributed by atoms with E-state index >= 15 is 0 Å². The first kappa shape index (κ1) is 7.04. The highest BCUT2D eigenvalue weighted by Crippen LogP contribution is 1.82. The van der Waals surface area contributed by atoms with Crippen molar-refractivity contribution in [1.82, 2.24) is 5.01 Å². The van der Waals surface area contributed by atoms with Gasteiger partial charge < -0.3 is 10.7 Å². The fourth-order valence-corrected chi connectivity index (χ4v) is 0.288. The van der Waals surface area contributed by atoms with Crippen LogP contribution in [0.3, 0.4) is 0 Å². The minimum atomic E-state index is 0.565. The molecule has 4 N–H and O–H groups in total. The van der Waals surface area contributed by atoms with E-state index in [0.29, 0.717) is 5.70 Å². The summed E-state index contributed by atoms with van der Waals surface area (Å²) in [5, 5.41) is 1.37. The van der Waals surface area contributed by atoms with Crippen LogP contribution in [0.5, 0.6) is 0 Å². The van der Waals surface area contributed by atoms with E-state index in [1.807, 2.05) is 0 Å². The van der Waals surface area contributed by atoms with E-state index in [1.54, 1.807) is 13.2 Å². The fraction of sp³-hybridized carbons (Fsp3) is 0.200. The lowest BCUT2D eigenvalue weighted by atomic mass is 10.5. The second-order valence-electron chi connectivity index (χ2n) is 1.50. The van der Waals surface area contributed by atoms with Gasteiger partial charge in [0.05, 0.1) is 0 Å². The van der Waals surface area contributed by atoms with Crippen LogP contribution >= 0.6 is 0 Å². The lowest BCUT2D eigenvalue weighted by Crippen LogP contribution is -2.20. The van der Waals surface area contributed by atoms with E-state index in [4.69, 9.17) is 11.6 Å². The molecule has 0 bridgehead atoms. The molecule has 0 aliphatic rings. The molecule has 0 spiro atoms. The number of hydrogen-bond acceptors (Lipinski definition) is 3. The monoisotopic (exact) mass is 113 g/mol. The quantitative estimate of drug-likeness (QED) is 0.295. The van der Waals surface area contributed by atoms with Gasteiger partial charge in [-0.05, 0) is 6.08 Å². The Hall–Kier alpha value is -0.960. The molecule has 8 heavy (non-hydrogen) atoms. The number of allylic oxidation sites excluding steroid dienone is 1. The third-order valence-electron chi connectivity index (χ3n) is 0.588. The van der Waals surface area contributed by atoms with Gasteiger partial charge in [0.1, 0.15) is 0 Å². The Bertz CT molecular complexity index is 104. The molecule has 0 atom stereocenters. The highest BCUT2D eigenvalue weighted by Gasteiger charge is 1.79. The molecule has 0 rings (SSSR count). The lowest BCUT2D eigenvalue weighted by Gasteiger charge is -2.03. The van der Waals surface area contributed by atoms with Crippen LogP contribution in [0.25, 0.3) is 0 Å². The maximum atomic E-state index is 5.30. The van der Waals surface area contributed by atoms with Crippen molar-refractivity contribution in [2.45, 2.75) is 0 Å². The Morgan fingerprint density at radius 2 is 2.25 bits per heavy atom. The van der Waals surface area contributed by atoms with Crippen molar-refractivity contribution in [1.29, 1.82) is 0 Å². The smallest absolute Gasteiger partial charge is 0.0484 e. The summed E-state index contributed by atoms with van der Waals surface area (Å²) in [6, 6.07) is 0. The first-order chi connectivity index (χ1) is 3.66. The second kappa shape index (κ2) is 3.10. The van der Waals surface area contributed by atoms with E-state index < -0.39 is 0 Å². The molecule has 0 saturated carbocycles. The van der Waals surface area contributed by atoms with Crippen molar-refractivity contribution in [2.24, 2.45) is 11.6 Å². The van der Waals surface area contributed by atoms with Gasteiger partial charge in [-0.2, -0.15) is 0 Å². The number of hydrogen-bond donors (Lipinski definition) is 2. The Balaban J connectivity index is 3.74. The van der Waals surface area contributed by atoms with Gasteiger partial charge >= 0.3 is 0 Å². The summed E-state index contributed by atoms with van der Waals surface area (Å²) in [4.78, 5) is 0. The van der Waals surface area contributed by atoms with Gasteiger partial charge in [-0.3, -0.25) is 0 Å². The van der Waals surface area contributed by atoms with Crippen LogP contribution in [0.4, 0.5) is 0 Å². The summed E-state index contributed by atoms with van der Waals surface area (Å²) < 4.78 is 0. The normalized spacial score (nSPS) is 11.0. The molecule has 0 aliphatic carbocycles. The SMILES string of the molecule is C=C/C(N)=C\N(C)N. The van der Waals surface area contributed by atoms with E-state index in [2.05, 4.69) is 6.58 Å². The van der Waals surface area contributed by atoms with E-state index in [-0.39, 0.29) is 0 Å². The standard InChI is InChI=1S/C5H11N3/c1-3-5(6)4-8(2)7/h3-4H,1,6-7H2,2H3/b5-4+. The molecule has 0 aromatic heterocycles. The van der Waals surface area contributed by atoms with Crippen LogP contribution in [-0.2, 0) is 0 Å². The van der Waals surface area contributed by atoms with Crippen molar-refractivity contribution in [3.05, 3.63) is 24.6 Å². The fourth-order valence-electron chi connectivity index (χ4n) is 0.288. The topological polar surface area (TPSA) is 55.3 Å². The van der Waals surface area contributed by atoms with Crippen LogP contribution in [-0.4, -0.2) is 12.1 Å². The van der Waals surface area contributed by atoms with Gasteiger partial charge in [0.15, 0.2) is 0 Å². The number of nitrogens with zero attached hydrogens (tertiary/aromatic N) is 1. The first-order valence-corrected chi connectivity index (χ1v) is 2.24. The summed E-state index contributed by atoms with van der Waals surface area (Å²) in [5.41, 5.74) is 5.86. The molecule has 3 heteroatoms. The summed E-state index contributed by atoms with van der Waals surface area (Å²) in [6.45, 7) is 3.44. The van der Waals surface area contributed by atoms with Crippen LogP contribution in [0.1, 0.15) is 0 Å². The van der Waals surface area contributed by atoms with Crippen molar-refractivity contribution < 1.29 is 0 Å². The summed E-state index contributed by atoms with van der Waals surface area (Å²) >= 11 is 0. The van der Waals surface area contributed by atoms with Gasteiger partial charge in [-0.1, -0.05) is 6.58 Å². The van der Waals surface area contributed by atoms with Crippen LogP contribution in [0.2, 0.25) is 0 Å². The zero-order chi connectivity index (χ0) is 6.57. The van der Waals surface area contributed by atoms with Gasteiger partial charge in [-0.15, -0.1) is 0 Å². The van der Waals surface area contributed by atoms with E-state index in [0.717, 1.165) is 0 Å². The molecular formula is C5H11N3. The largest absolute Gasteiger partial charge is 0.398 e. The minimum absolute atomic E-state index is 0.565. The molecular weight excluding hydrogens is 102 g/mol. The van der Waals surface area contributed by atoms with Crippen LogP contribution in [0.15, 0.2) is 24.6 Å². The first-order valence-electron chi connectivity index (χ1n) is 2.24. The zero-order valence-corrected chi connectivity index (χ0v) is 4.96. The van der Waals surface area contributed by atoms with Crippen LogP contribution in [0, 0.1) is 0 Å². The molecule has 0 aliphatic heterocycles. The predicted molar refractivity (Wildman–Crippen MR) is 34.4 cm³/mol. The van der Waals surface area contributed by atoms with Crippen LogP contribution < -0.4 is 11.6 Å². The molecule has 0 heterocycles. The van der Waals surface area contributed by atoms with E-state index in [9.17, 15) is 0 Å². The summed E-state index contributed by atoms with van der Waals surface area (Å²) in [5.74, 6) is 5.20. The molecule has 0 aromatic rings. The van der Waals surface area contributed by atoms with Crippen molar-refractivity contribution in [3.63, 3.8) is 0 Å². The average Bonchev–Trinajstić information content (AvgIpc) is 1.65. The van der Waals surface area contributed by atoms with E-state index in [1.165, 1.54) is 11.1 Å². The maximum absolute atomic E-state index is 5.30. The molecule has 0 unspecified atom stereocenters. The molecule has 0 saturated heterocycles. The zero-order valence-electron chi connectivity index (χ0n) is 4.96. The Labute approximate surface area is 49.2 Å².